The van der Waals surface area contributed by atoms with Crippen LogP contribution >= 0.6 is 0 Å². The summed E-state index contributed by atoms with van der Waals surface area (Å²) in [6.07, 6.45) is -3.54. The first-order valence-corrected chi connectivity index (χ1v) is 11.9. The Morgan fingerprint density at radius 1 is 1.09 bits per heavy atom. The maximum atomic E-state index is 13.9. The Hall–Kier alpha value is -2.56. The largest absolute Gasteiger partial charge is 0.417 e. The van der Waals surface area contributed by atoms with Crippen LogP contribution in [0.25, 0.3) is 11.1 Å². The van der Waals surface area contributed by atoms with Crippen LogP contribution in [-0.4, -0.2) is 48.5 Å². The zero-order chi connectivity index (χ0) is 24.2. The van der Waals surface area contributed by atoms with E-state index in [1.807, 2.05) is 0 Å². The molecule has 4 rings (SSSR count). The first kappa shape index (κ1) is 23.6. The van der Waals surface area contributed by atoms with E-state index >= 15 is 0 Å². The van der Waals surface area contributed by atoms with E-state index in [0.29, 0.717) is 11.3 Å². The standard InChI is InChI=1S/C22H21F5N2O3S/c1-13-8-15(6-7-28-13)14-3-5-19(18(10-14)22(25,26)27)33(31,32)17-4-2-16(9-17)20(30)29-11-21(23,24)12-29/h3,5-8,10,16-17H,2,4,9,11-12H2,1H3/t16-,17-/m1/s1. The molecule has 2 heterocycles. The normalized spacial score (nSPS) is 22.8. The minimum Gasteiger partial charge on any atom is -0.330 e. The van der Waals surface area contributed by atoms with Crippen molar-refractivity contribution in [1.29, 1.82) is 0 Å². The highest BCUT2D eigenvalue weighted by Crippen LogP contribution is 2.42. The van der Waals surface area contributed by atoms with Gasteiger partial charge >= 0.3 is 6.18 Å². The number of carbonyl (C=O) groups excluding carboxylic acids is 1. The molecule has 2 aliphatic rings. The number of likely N-dealkylation sites (tertiary alicyclic amines) is 1. The third-order valence-electron chi connectivity index (χ3n) is 6.15. The molecular formula is C22H21F5N2O3S. The van der Waals surface area contributed by atoms with Crippen molar-refractivity contribution in [2.75, 3.05) is 13.1 Å². The van der Waals surface area contributed by atoms with E-state index in [-0.39, 0.29) is 24.8 Å². The van der Waals surface area contributed by atoms with Gasteiger partial charge in [0.1, 0.15) is 0 Å². The average Bonchev–Trinajstić information content (AvgIpc) is 3.21. The molecule has 0 bridgehead atoms. The SMILES string of the molecule is Cc1cc(-c2ccc(S(=O)(=O)[C@@H]3CC[C@@H](C(=O)N4CC(F)(F)C4)C3)c(C(F)(F)F)c2)ccn1. The van der Waals surface area contributed by atoms with Gasteiger partial charge in [0, 0.05) is 17.8 Å². The van der Waals surface area contributed by atoms with Crippen molar-refractivity contribution in [3.63, 3.8) is 0 Å². The lowest BCUT2D eigenvalue weighted by atomic mass is 10.0. The molecule has 178 valence electrons. The molecule has 2 atom stereocenters. The number of alkyl halides is 5. The van der Waals surface area contributed by atoms with E-state index < -0.39 is 62.6 Å². The van der Waals surface area contributed by atoms with Gasteiger partial charge in [-0.1, -0.05) is 6.07 Å². The van der Waals surface area contributed by atoms with Gasteiger partial charge < -0.3 is 4.90 Å². The summed E-state index contributed by atoms with van der Waals surface area (Å²) in [5, 5.41) is -1.19. The summed E-state index contributed by atoms with van der Waals surface area (Å²) in [7, 11) is -4.41. The number of hydrogen-bond donors (Lipinski definition) is 0. The minimum absolute atomic E-state index is 0.00836. The van der Waals surface area contributed by atoms with Crippen LogP contribution in [0.3, 0.4) is 0 Å². The number of sulfone groups is 1. The molecule has 1 saturated heterocycles. The molecule has 1 aromatic carbocycles. The number of benzene rings is 1. The highest BCUT2D eigenvalue weighted by molar-refractivity contribution is 7.92. The zero-order valence-corrected chi connectivity index (χ0v) is 18.4. The van der Waals surface area contributed by atoms with Crippen LogP contribution in [0, 0.1) is 12.8 Å². The van der Waals surface area contributed by atoms with Gasteiger partial charge in [-0.25, -0.2) is 17.2 Å². The van der Waals surface area contributed by atoms with Crippen LogP contribution in [0.5, 0.6) is 0 Å². The molecular weight excluding hydrogens is 467 g/mol. The number of pyridine rings is 1. The number of nitrogens with zero attached hydrogens (tertiary/aromatic N) is 2. The average molecular weight is 488 g/mol. The third-order valence-corrected chi connectivity index (χ3v) is 8.42. The van der Waals surface area contributed by atoms with Gasteiger partial charge in [0.05, 0.1) is 28.8 Å². The van der Waals surface area contributed by atoms with Gasteiger partial charge in [-0.3, -0.25) is 9.78 Å². The quantitative estimate of drug-likeness (QED) is 0.595. The molecule has 0 radical (unpaired) electrons. The molecule has 2 fully saturated rings. The number of halogens is 5. The van der Waals surface area contributed by atoms with Crippen molar-refractivity contribution in [1.82, 2.24) is 9.88 Å². The van der Waals surface area contributed by atoms with Crippen LogP contribution < -0.4 is 0 Å². The predicted octanol–water partition coefficient (Wildman–Crippen LogP) is 4.50. The second kappa shape index (κ2) is 8.03. The van der Waals surface area contributed by atoms with Crippen LogP contribution in [0.4, 0.5) is 22.0 Å². The summed E-state index contributed by atoms with van der Waals surface area (Å²) < 4.78 is 94.1. The van der Waals surface area contributed by atoms with Gasteiger partial charge in [0.2, 0.25) is 5.91 Å². The molecule has 0 N–H and O–H groups in total. The number of aryl methyl sites for hydroxylation is 1. The molecule has 1 amide bonds. The molecule has 5 nitrogen and oxygen atoms in total. The Morgan fingerprint density at radius 3 is 2.36 bits per heavy atom. The van der Waals surface area contributed by atoms with Crippen molar-refractivity contribution >= 4 is 15.7 Å². The monoisotopic (exact) mass is 488 g/mol. The maximum absolute atomic E-state index is 13.9. The Labute approximate surface area is 187 Å². The van der Waals surface area contributed by atoms with E-state index in [4.69, 9.17) is 0 Å². The van der Waals surface area contributed by atoms with Gasteiger partial charge in [-0.05, 0) is 61.6 Å². The van der Waals surface area contributed by atoms with E-state index in [2.05, 4.69) is 4.98 Å². The first-order chi connectivity index (χ1) is 15.3. The number of carbonyl (C=O) groups is 1. The predicted molar refractivity (Wildman–Crippen MR) is 109 cm³/mol. The van der Waals surface area contributed by atoms with Gasteiger partial charge in [-0.2, -0.15) is 13.2 Å². The first-order valence-electron chi connectivity index (χ1n) is 10.3. The summed E-state index contributed by atoms with van der Waals surface area (Å²) in [5.74, 6) is -4.32. The Kier molecular flexibility index (Phi) is 5.74. The van der Waals surface area contributed by atoms with Crippen molar-refractivity contribution < 1.29 is 35.2 Å². The van der Waals surface area contributed by atoms with Crippen molar-refractivity contribution in [2.24, 2.45) is 5.92 Å². The van der Waals surface area contributed by atoms with Crippen molar-refractivity contribution in [3.8, 4) is 11.1 Å². The lowest BCUT2D eigenvalue weighted by molar-refractivity contribution is -0.169. The highest BCUT2D eigenvalue weighted by Gasteiger charge is 2.50. The minimum atomic E-state index is -4.92. The molecule has 2 aromatic rings. The maximum Gasteiger partial charge on any atom is 0.417 e. The zero-order valence-electron chi connectivity index (χ0n) is 17.6. The fraction of sp³-hybridized carbons (Fsp3) is 0.455. The summed E-state index contributed by atoms with van der Waals surface area (Å²) in [6, 6.07) is 6.20. The number of amides is 1. The van der Waals surface area contributed by atoms with Crippen LogP contribution in [0.2, 0.25) is 0 Å². The van der Waals surface area contributed by atoms with Gasteiger partial charge in [0.15, 0.2) is 9.84 Å². The van der Waals surface area contributed by atoms with Crippen molar-refractivity contribution in [2.45, 2.75) is 48.4 Å². The highest BCUT2D eigenvalue weighted by atomic mass is 32.2. The van der Waals surface area contributed by atoms with Gasteiger partial charge in [-0.15, -0.1) is 0 Å². The fourth-order valence-corrected chi connectivity index (χ4v) is 6.49. The fourth-order valence-electron chi connectivity index (χ4n) is 4.46. The topological polar surface area (TPSA) is 67.3 Å². The molecule has 1 aliphatic carbocycles. The summed E-state index contributed by atoms with van der Waals surface area (Å²) in [4.78, 5) is 16.5. The van der Waals surface area contributed by atoms with E-state index in [1.165, 1.54) is 18.3 Å². The number of rotatable bonds is 4. The smallest absolute Gasteiger partial charge is 0.330 e. The Morgan fingerprint density at radius 2 is 1.76 bits per heavy atom. The third kappa shape index (κ3) is 4.60. The Bertz CT molecular complexity index is 1190. The van der Waals surface area contributed by atoms with Crippen molar-refractivity contribution in [3.05, 3.63) is 47.8 Å². The number of hydrogen-bond acceptors (Lipinski definition) is 4. The number of aromatic nitrogens is 1. The lowest BCUT2D eigenvalue weighted by Gasteiger charge is -2.40. The van der Waals surface area contributed by atoms with Crippen LogP contribution in [-0.2, 0) is 20.8 Å². The second-order valence-electron chi connectivity index (χ2n) is 8.62. The molecule has 0 spiro atoms. The van der Waals surface area contributed by atoms with E-state index in [0.717, 1.165) is 17.0 Å². The van der Waals surface area contributed by atoms with Gasteiger partial charge in [0.25, 0.3) is 5.92 Å². The molecule has 11 heteroatoms. The summed E-state index contributed by atoms with van der Waals surface area (Å²) in [6.45, 7) is 0.258. The molecule has 1 aliphatic heterocycles. The van der Waals surface area contributed by atoms with E-state index in [9.17, 15) is 35.2 Å². The lowest BCUT2D eigenvalue weighted by Crippen LogP contribution is -2.59. The Balaban J connectivity index is 1.61. The summed E-state index contributed by atoms with van der Waals surface area (Å²) in [5.41, 5.74) is -0.00852. The molecule has 33 heavy (non-hydrogen) atoms. The van der Waals surface area contributed by atoms with Crippen LogP contribution in [0.15, 0.2) is 41.4 Å². The molecule has 1 saturated carbocycles. The molecule has 0 unspecified atom stereocenters. The summed E-state index contributed by atoms with van der Waals surface area (Å²) >= 11 is 0. The second-order valence-corrected chi connectivity index (χ2v) is 10.8. The molecule has 1 aromatic heterocycles. The van der Waals surface area contributed by atoms with Crippen LogP contribution in [0.1, 0.15) is 30.5 Å². The van der Waals surface area contributed by atoms with E-state index in [1.54, 1.807) is 13.0 Å².